The molecule has 0 spiro atoms. The van der Waals surface area contributed by atoms with Gasteiger partial charge in [-0.05, 0) is 36.8 Å². The smallest absolute Gasteiger partial charge is 0.310 e. The summed E-state index contributed by atoms with van der Waals surface area (Å²) in [6.45, 7) is 4.47. The van der Waals surface area contributed by atoms with Gasteiger partial charge in [0.1, 0.15) is 0 Å². The number of amides is 1. The number of nitrogens with zero attached hydrogens (tertiary/aromatic N) is 1. The van der Waals surface area contributed by atoms with Crippen molar-refractivity contribution in [2.75, 3.05) is 13.7 Å². The molecule has 0 radical (unpaired) electrons. The van der Waals surface area contributed by atoms with Gasteiger partial charge in [0, 0.05) is 23.7 Å². The highest BCUT2D eigenvalue weighted by Gasteiger charge is 2.22. The third kappa shape index (κ3) is 5.33. The highest BCUT2D eigenvalue weighted by molar-refractivity contribution is 6.30. The van der Waals surface area contributed by atoms with E-state index in [0.717, 1.165) is 11.1 Å². The van der Waals surface area contributed by atoms with Crippen molar-refractivity contribution >= 4 is 23.5 Å². The molecule has 132 valence electrons. The van der Waals surface area contributed by atoms with Crippen LogP contribution in [0.1, 0.15) is 28.4 Å². The molecular weight excluding hydrogens is 338 g/mol. The lowest BCUT2D eigenvalue weighted by atomic mass is 10.1. The summed E-state index contributed by atoms with van der Waals surface area (Å²) in [7, 11) is 1.35. The van der Waals surface area contributed by atoms with Crippen molar-refractivity contribution in [3.63, 3.8) is 0 Å². The van der Waals surface area contributed by atoms with Crippen LogP contribution in [0.25, 0.3) is 0 Å². The normalized spacial score (nSPS) is 11.7. The molecule has 0 aliphatic rings. The molecule has 0 aromatic heterocycles. The number of benzene rings is 2. The molecular formula is C20H22ClNO3. The molecule has 1 unspecified atom stereocenters. The van der Waals surface area contributed by atoms with E-state index in [1.54, 1.807) is 36.1 Å². The van der Waals surface area contributed by atoms with Crippen molar-refractivity contribution in [1.82, 2.24) is 4.90 Å². The number of hydrogen-bond acceptors (Lipinski definition) is 3. The Morgan fingerprint density at radius 2 is 1.68 bits per heavy atom. The molecule has 5 heteroatoms. The Balaban J connectivity index is 2.23. The summed E-state index contributed by atoms with van der Waals surface area (Å²) in [5.74, 6) is -0.891. The average Bonchev–Trinajstić information content (AvgIpc) is 2.62. The number of carbonyl (C=O) groups is 2. The SMILES string of the molecule is COC(=O)C(C)CN(Cc1ccc(C)cc1)C(=O)c1ccc(Cl)cc1. The molecule has 1 amide bonds. The molecule has 2 aromatic rings. The van der Waals surface area contributed by atoms with Crippen LogP contribution in [0.3, 0.4) is 0 Å². The summed E-state index contributed by atoms with van der Waals surface area (Å²) >= 11 is 5.90. The topological polar surface area (TPSA) is 46.6 Å². The molecule has 0 N–H and O–H groups in total. The van der Waals surface area contributed by atoms with Crippen LogP contribution in [-0.4, -0.2) is 30.4 Å². The maximum atomic E-state index is 12.9. The lowest BCUT2D eigenvalue weighted by Crippen LogP contribution is -2.36. The maximum Gasteiger partial charge on any atom is 0.310 e. The summed E-state index contributed by atoms with van der Waals surface area (Å²) in [5.41, 5.74) is 2.70. The number of rotatable bonds is 6. The quantitative estimate of drug-likeness (QED) is 0.729. The Morgan fingerprint density at radius 3 is 2.24 bits per heavy atom. The summed E-state index contributed by atoms with van der Waals surface area (Å²) in [5, 5.41) is 0.574. The van der Waals surface area contributed by atoms with Crippen LogP contribution in [0.4, 0.5) is 0 Å². The molecule has 2 aromatic carbocycles. The molecule has 0 bridgehead atoms. The Morgan fingerprint density at radius 1 is 1.08 bits per heavy atom. The number of methoxy groups -OCH3 is 1. The number of ether oxygens (including phenoxy) is 1. The van der Waals surface area contributed by atoms with Crippen molar-refractivity contribution in [1.29, 1.82) is 0 Å². The van der Waals surface area contributed by atoms with E-state index in [1.165, 1.54) is 7.11 Å². The Hall–Kier alpha value is -2.33. The van der Waals surface area contributed by atoms with Gasteiger partial charge in [0.05, 0.1) is 13.0 Å². The molecule has 2 rings (SSSR count). The second kappa shape index (κ2) is 8.67. The molecule has 25 heavy (non-hydrogen) atoms. The minimum Gasteiger partial charge on any atom is -0.469 e. The summed E-state index contributed by atoms with van der Waals surface area (Å²) < 4.78 is 4.79. The van der Waals surface area contributed by atoms with E-state index in [2.05, 4.69) is 0 Å². The van der Waals surface area contributed by atoms with E-state index in [0.29, 0.717) is 17.1 Å². The van der Waals surface area contributed by atoms with Gasteiger partial charge in [-0.1, -0.05) is 48.4 Å². The molecule has 0 heterocycles. The first-order valence-corrected chi connectivity index (χ1v) is 8.46. The van der Waals surface area contributed by atoms with Gasteiger partial charge in [-0.15, -0.1) is 0 Å². The minimum absolute atomic E-state index is 0.145. The van der Waals surface area contributed by atoms with Crippen molar-refractivity contribution in [2.45, 2.75) is 20.4 Å². The van der Waals surface area contributed by atoms with Crippen LogP contribution < -0.4 is 0 Å². The van der Waals surface area contributed by atoms with Crippen LogP contribution in [-0.2, 0) is 16.1 Å². The number of halogens is 1. The first-order valence-electron chi connectivity index (χ1n) is 8.09. The molecule has 0 fully saturated rings. The van der Waals surface area contributed by atoms with E-state index in [-0.39, 0.29) is 18.4 Å². The zero-order chi connectivity index (χ0) is 18.4. The van der Waals surface area contributed by atoms with Crippen LogP contribution in [0.5, 0.6) is 0 Å². The highest BCUT2D eigenvalue weighted by atomic mass is 35.5. The molecule has 4 nitrogen and oxygen atoms in total. The van der Waals surface area contributed by atoms with Crippen LogP contribution in [0.2, 0.25) is 5.02 Å². The third-order valence-electron chi connectivity index (χ3n) is 3.97. The lowest BCUT2D eigenvalue weighted by molar-refractivity contribution is -0.145. The van der Waals surface area contributed by atoms with Gasteiger partial charge in [-0.3, -0.25) is 9.59 Å². The van der Waals surface area contributed by atoms with Crippen LogP contribution in [0, 0.1) is 12.8 Å². The van der Waals surface area contributed by atoms with Gasteiger partial charge in [0.2, 0.25) is 0 Å². The second-order valence-electron chi connectivity index (χ2n) is 6.10. The predicted octanol–water partition coefficient (Wildman–Crippen LogP) is 4.10. The second-order valence-corrected chi connectivity index (χ2v) is 6.54. The third-order valence-corrected chi connectivity index (χ3v) is 4.22. The predicted molar refractivity (Wildman–Crippen MR) is 98.6 cm³/mol. The molecule has 0 saturated carbocycles. The van der Waals surface area contributed by atoms with Gasteiger partial charge in [-0.25, -0.2) is 0 Å². The molecule has 0 aliphatic carbocycles. The van der Waals surface area contributed by atoms with Gasteiger partial charge < -0.3 is 9.64 Å². The standard InChI is InChI=1S/C20H22ClNO3/c1-14-4-6-16(7-5-14)13-22(12-15(2)20(24)25-3)19(23)17-8-10-18(21)11-9-17/h4-11,15H,12-13H2,1-3H3. The fourth-order valence-corrected chi connectivity index (χ4v) is 2.64. The largest absolute Gasteiger partial charge is 0.469 e. The number of esters is 1. The molecule has 1 atom stereocenters. The van der Waals surface area contributed by atoms with E-state index >= 15 is 0 Å². The van der Waals surface area contributed by atoms with Gasteiger partial charge in [-0.2, -0.15) is 0 Å². The van der Waals surface area contributed by atoms with Crippen LogP contribution in [0.15, 0.2) is 48.5 Å². The highest BCUT2D eigenvalue weighted by Crippen LogP contribution is 2.16. The average molecular weight is 360 g/mol. The molecule has 0 saturated heterocycles. The Bertz CT molecular complexity index is 726. The first-order chi connectivity index (χ1) is 11.9. The van der Waals surface area contributed by atoms with E-state index in [1.807, 2.05) is 31.2 Å². The van der Waals surface area contributed by atoms with Crippen molar-refractivity contribution in [3.05, 3.63) is 70.2 Å². The monoisotopic (exact) mass is 359 g/mol. The summed E-state index contributed by atoms with van der Waals surface area (Å²) in [6, 6.07) is 14.7. The number of carbonyl (C=O) groups excluding carboxylic acids is 2. The van der Waals surface area contributed by atoms with Crippen molar-refractivity contribution in [3.8, 4) is 0 Å². The first kappa shape index (κ1) is 19.0. The zero-order valence-corrected chi connectivity index (χ0v) is 15.4. The summed E-state index contributed by atoms with van der Waals surface area (Å²) in [4.78, 5) is 26.3. The van der Waals surface area contributed by atoms with E-state index < -0.39 is 5.92 Å². The van der Waals surface area contributed by atoms with E-state index in [9.17, 15) is 9.59 Å². The van der Waals surface area contributed by atoms with Crippen LogP contribution >= 0.6 is 11.6 Å². The van der Waals surface area contributed by atoms with Gasteiger partial charge >= 0.3 is 5.97 Å². The lowest BCUT2D eigenvalue weighted by Gasteiger charge is -2.25. The fraction of sp³-hybridized carbons (Fsp3) is 0.300. The maximum absolute atomic E-state index is 12.9. The van der Waals surface area contributed by atoms with Gasteiger partial charge in [0.25, 0.3) is 5.91 Å². The minimum atomic E-state index is -0.410. The number of hydrogen-bond donors (Lipinski definition) is 0. The zero-order valence-electron chi connectivity index (χ0n) is 14.7. The fourth-order valence-electron chi connectivity index (χ4n) is 2.51. The Kier molecular flexibility index (Phi) is 6.59. The van der Waals surface area contributed by atoms with E-state index in [4.69, 9.17) is 16.3 Å². The van der Waals surface area contributed by atoms with Crippen molar-refractivity contribution in [2.24, 2.45) is 5.92 Å². The Labute approximate surface area is 153 Å². The number of aryl methyl sites for hydroxylation is 1. The summed E-state index contributed by atoms with van der Waals surface area (Å²) in [6.07, 6.45) is 0. The molecule has 0 aliphatic heterocycles. The van der Waals surface area contributed by atoms with Gasteiger partial charge in [0.15, 0.2) is 0 Å². The van der Waals surface area contributed by atoms with Crippen molar-refractivity contribution < 1.29 is 14.3 Å².